The Labute approximate surface area is 156 Å². The van der Waals surface area contributed by atoms with Crippen LogP contribution in [0.2, 0.25) is 0 Å². The van der Waals surface area contributed by atoms with Gasteiger partial charge >= 0.3 is 0 Å². The van der Waals surface area contributed by atoms with E-state index in [1.54, 1.807) is 10.6 Å². The van der Waals surface area contributed by atoms with Gasteiger partial charge in [0, 0.05) is 23.2 Å². The van der Waals surface area contributed by atoms with E-state index in [0.717, 1.165) is 27.9 Å². The smallest absolute Gasteiger partial charge is 0.250 e. The van der Waals surface area contributed by atoms with E-state index in [2.05, 4.69) is 30.3 Å². The highest BCUT2D eigenvalue weighted by atomic mass is 16.3. The van der Waals surface area contributed by atoms with Crippen molar-refractivity contribution in [2.24, 2.45) is 0 Å². The molecule has 0 amide bonds. The first kappa shape index (κ1) is 15.6. The molecule has 0 saturated heterocycles. The Morgan fingerprint density at radius 1 is 0.741 bits per heavy atom. The van der Waals surface area contributed by atoms with E-state index in [1.807, 2.05) is 54.7 Å². The number of furan rings is 1. The fourth-order valence-corrected chi connectivity index (χ4v) is 3.46. The Hall–Kier alpha value is -3.59. The minimum atomic E-state index is -0.0250. The van der Waals surface area contributed by atoms with Crippen LogP contribution in [-0.4, -0.2) is 4.57 Å². The summed E-state index contributed by atoms with van der Waals surface area (Å²) in [5.41, 5.74) is 2.81. The predicted octanol–water partition coefficient (Wildman–Crippen LogP) is 5.46. The molecule has 0 saturated carbocycles. The van der Waals surface area contributed by atoms with E-state index < -0.39 is 0 Å². The van der Waals surface area contributed by atoms with Crippen molar-refractivity contribution in [1.29, 1.82) is 0 Å². The lowest BCUT2D eigenvalue weighted by atomic mass is 10.1. The van der Waals surface area contributed by atoms with Crippen LogP contribution in [0.15, 0.2) is 100 Å². The van der Waals surface area contributed by atoms with Crippen LogP contribution in [0.5, 0.6) is 0 Å². The minimum absolute atomic E-state index is 0.0250. The van der Waals surface area contributed by atoms with Crippen molar-refractivity contribution in [1.82, 2.24) is 4.57 Å². The highest BCUT2D eigenvalue weighted by Crippen LogP contribution is 2.27. The van der Waals surface area contributed by atoms with Gasteiger partial charge in [-0.25, -0.2) is 0 Å². The SMILES string of the molecule is O=c1ccc(-c2cc3ccccc3o2)cn1Cc1ccc2ccccc2c1. The number of nitrogens with zero attached hydrogens (tertiary/aromatic N) is 1. The highest BCUT2D eigenvalue weighted by Gasteiger charge is 2.08. The Balaban J connectivity index is 1.53. The molecule has 3 nitrogen and oxygen atoms in total. The van der Waals surface area contributed by atoms with Gasteiger partial charge in [-0.05, 0) is 40.6 Å². The average Bonchev–Trinajstić information content (AvgIpc) is 3.14. The van der Waals surface area contributed by atoms with Gasteiger partial charge in [-0.1, -0.05) is 54.6 Å². The second-order valence-corrected chi connectivity index (χ2v) is 6.71. The molecule has 5 aromatic rings. The van der Waals surface area contributed by atoms with Crippen molar-refractivity contribution in [3.63, 3.8) is 0 Å². The van der Waals surface area contributed by atoms with E-state index >= 15 is 0 Å². The molecule has 0 bridgehead atoms. The molecule has 0 spiro atoms. The van der Waals surface area contributed by atoms with Crippen LogP contribution in [0.1, 0.15) is 5.56 Å². The number of para-hydroxylation sites is 1. The summed E-state index contributed by atoms with van der Waals surface area (Å²) in [5, 5.41) is 3.43. The molecule has 0 atom stereocenters. The Morgan fingerprint density at radius 3 is 2.37 bits per heavy atom. The molecule has 3 heteroatoms. The monoisotopic (exact) mass is 351 g/mol. The van der Waals surface area contributed by atoms with Crippen molar-refractivity contribution in [2.75, 3.05) is 0 Å². The quantitative estimate of drug-likeness (QED) is 0.432. The zero-order valence-corrected chi connectivity index (χ0v) is 14.6. The number of pyridine rings is 1. The molecule has 0 N–H and O–H groups in total. The zero-order valence-electron chi connectivity index (χ0n) is 14.6. The van der Waals surface area contributed by atoms with Crippen LogP contribution >= 0.6 is 0 Å². The summed E-state index contributed by atoms with van der Waals surface area (Å²) in [6.45, 7) is 0.526. The third-order valence-corrected chi connectivity index (χ3v) is 4.86. The van der Waals surface area contributed by atoms with Gasteiger partial charge in [0.2, 0.25) is 0 Å². The molecule has 3 aromatic carbocycles. The average molecular weight is 351 g/mol. The van der Waals surface area contributed by atoms with Gasteiger partial charge in [0.05, 0.1) is 6.54 Å². The fourth-order valence-electron chi connectivity index (χ4n) is 3.46. The Bertz CT molecular complexity index is 1290. The number of benzene rings is 3. The van der Waals surface area contributed by atoms with E-state index in [4.69, 9.17) is 4.42 Å². The maximum Gasteiger partial charge on any atom is 0.250 e. The largest absolute Gasteiger partial charge is 0.456 e. The molecule has 0 aliphatic rings. The van der Waals surface area contributed by atoms with E-state index in [1.165, 1.54) is 10.8 Å². The highest BCUT2D eigenvalue weighted by molar-refractivity contribution is 5.83. The lowest BCUT2D eigenvalue weighted by Gasteiger charge is -2.08. The molecule has 0 aliphatic heterocycles. The summed E-state index contributed by atoms with van der Waals surface area (Å²) in [6, 6.07) is 27.9. The van der Waals surface area contributed by atoms with Crippen LogP contribution in [0.3, 0.4) is 0 Å². The lowest BCUT2D eigenvalue weighted by molar-refractivity contribution is 0.629. The minimum Gasteiger partial charge on any atom is -0.456 e. The second-order valence-electron chi connectivity index (χ2n) is 6.71. The summed E-state index contributed by atoms with van der Waals surface area (Å²) < 4.78 is 7.67. The molecule has 130 valence electrons. The number of fused-ring (bicyclic) bond motifs is 2. The molecule has 2 aromatic heterocycles. The Kier molecular flexibility index (Phi) is 3.65. The van der Waals surface area contributed by atoms with Crippen molar-refractivity contribution in [3.05, 3.63) is 107 Å². The third kappa shape index (κ3) is 2.93. The maximum absolute atomic E-state index is 12.4. The summed E-state index contributed by atoms with van der Waals surface area (Å²) in [6.07, 6.45) is 1.87. The van der Waals surface area contributed by atoms with Crippen LogP contribution in [0.25, 0.3) is 33.1 Å². The van der Waals surface area contributed by atoms with Gasteiger partial charge in [-0.15, -0.1) is 0 Å². The van der Waals surface area contributed by atoms with Gasteiger partial charge < -0.3 is 8.98 Å². The summed E-state index contributed by atoms with van der Waals surface area (Å²) >= 11 is 0. The van der Waals surface area contributed by atoms with Crippen LogP contribution in [0.4, 0.5) is 0 Å². The van der Waals surface area contributed by atoms with Crippen molar-refractivity contribution < 1.29 is 4.42 Å². The zero-order chi connectivity index (χ0) is 18.2. The molecule has 5 rings (SSSR count). The fraction of sp³-hybridized carbons (Fsp3) is 0.0417. The van der Waals surface area contributed by atoms with E-state index in [-0.39, 0.29) is 5.56 Å². The molecule has 0 unspecified atom stereocenters. The van der Waals surface area contributed by atoms with Gasteiger partial charge in [-0.3, -0.25) is 4.79 Å². The topological polar surface area (TPSA) is 35.1 Å². The van der Waals surface area contributed by atoms with Crippen LogP contribution < -0.4 is 5.56 Å². The molecular formula is C24H17NO2. The van der Waals surface area contributed by atoms with Gasteiger partial charge in [0.25, 0.3) is 5.56 Å². The molecule has 0 aliphatic carbocycles. The third-order valence-electron chi connectivity index (χ3n) is 4.86. The number of aromatic nitrogens is 1. The number of rotatable bonds is 3. The molecule has 27 heavy (non-hydrogen) atoms. The first-order valence-electron chi connectivity index (χ1n) is 8.93. The van der Waals surface area contributed by atoms with Gasteiger partial charge in [-0.2, -0.15) is 0 Å². The van der Waals surface area contributed by atoms with Crippen LogP contribution in [-0.2, 0) is 6.54 Å². The Morgan fingerprint density at radius 2 is 1.52 bits per heavy atom. The number of hydrogen-bond donors (Lipinski definition) is 0. The first-order valence-corrected chi connectivity index (χ1v) is 8.93. The van der Waals surface area contributed by atoms with Gasteiger partial charge in [0.1, 0.15) is 11.3 Å². The molecule has 2 heterocycles. The van der Waals surface area contributed by atoms with E-state index in [0.29, 0.717) is 6.54 Å². The van der Waals surface area contributed by atoms with Crippen molar-refractivity contribution in [2.45, 2.75) is 6.54 Å². The number of hydrogen-bond acceptors (Lipinski definition) is 2. The maximum atomic E-state index is 12.4. The summed E-state index contributed by atoms with van der Waals surface area (Å²) in [7, 11) is 0. The molecular weight excluding hydrogens is 334 g/mol. The molecule has 0 radical (unpaired) electrons. The second kappa shape index (κ2) is 6.29. The lowest BCUT2D eigenvalue weighted by Crippen LogP contribution is -2.19. The van der Waals surface area contributed by atoms with Crippen molar-refractivity contribution >= 4 is 21.7 Å². The molecule has 0 fully saturated rings. The summed E-state index contributed by atoms with van der Waals surface area (Å²) in [5.74, 6) is 0.767. The summed E-state index contributed by atoms with van der Waals surface area (Å²) in [4.78, 5) is 12.4. The van der Waals surface area contributed by atoms with Crippen LogP contribution in [0, 0.1) is 0 Å². The predicted molar refractivity (Wildman–Crippen MR) is 109 cm³/mol. The van der Waals surface area contributed by atoms with Gasteiger partial charge in [0.15, 0.2) is 0 Å². The standard InChI is InChI=1S/C24H17NO2/c26-24-12-11-21(23-14-20-7-3-4-8-22(20)27-23)16-25(24)15-17-9-10-18-5-1-2-6-19(18)13-17/h1-14,16H,15H2. The first-order chi connectivity index (χ1) is 13.3. The van der Waals surface area contributed by atoms with E-state index in [9.17, 15) is 4.79 Å². The normalized spacial score (nSPS) is 11.3. The van der Waals surface area contributed by atoms with Crippen molar-refractivity contribution in [3.8, 4) is 11.3 Å².